The van der Waals surface area contributed by atoms with Crippen LogP contribution in [0.25, 0.3) is 6.08 Å². The summed E-state index contributed by atoms with van der Waals surface area (Å²) in [5.74, 6) is 0.689. The van der Waals surface area contributed by atoms with E-state index < -0.39 is 0 Å². The summed E-state index contributed by atoms with van der Waals surface area (Å²) in [6, 6.07) is 5.29. The highest BCUT2D eigenvalue weighted by atomic mass is 16.5. The lowest BCUT2D eigenvalue weighted by molar-refractivity contribution is 0.373. The van der Waals surface area contributed by atoms with Crippen molar-refractivity contribution >= 4 is 6.08 Å². The molecule has 0 saturated heterocycles. The van der Waals surface area contributed by atoms with Crippen molar-refractivity contribution in [3.63, 3.8) is 0 Å². The second kappa shape index (κ2) is 7.92. The third-order valence-electron chi connectivity index (χ3n) is 1.75. The Hall–Kier alpha value is -1.44. The second-order valence-electron chi connectivity index (χ2n) is 2.74. The molecule has 0 spiro atoms. The minimum absolute atomic E-state index is 0.177. The molecular weight excluding hydrogens is 188 g/mol. The number of hydrogen-bond acceptors (Lipinski definition) is 2. The van der Waals surface area contributed by atoms with Gasteiger partial charge in [-0.05, 0) is 24.1 Å². The van der Waals surface area contributed by atoms with Crippen molar-refractivity contribution in [1.82, 2.24) is 0 Å². The van der Waals surface area contributed by atoms with E-state index >= 15 is 0 Å². The number of aromatic hydroxyl groups is 1. The summed E-state index contributed by atoms with van der Waals surface area (Å²) in [5.41, 5.74) is 1.04. The summed E-state index contributed by atoms with van der Waals surface area (Å²) < 4.78 is 4.98. The Morgan fingerprint density at radius 2 is 2.00 bits per heavy atom. The van der Waals surface area contributed by atoms with Crippen LogP contribution in [-0.2, 0) is 0 Å². The van der Waals surface area contributed by atoms with Crippen LogP contribution in [-0.4, -0.2) is 12.2 Å². The van der Waals surface area contributed by atoms with Crippen LogP contribution in [0.15, 0.2) is 24.3 Å². The molecule has 0 aliphatic rings. The Kier molecular flexibility index (Phi) is 7.16. The molecule has 0 saturated carbocycles. The van der Waals surface area contributed by atoms with E-state index in [1.54, 1.807) is 13.2 Å². The molecule has 0 aliphatic heterocycles. The quantitative estimate of drug-likeness (QED) is 0.817. The minimum atomic E-state index is 0.177. The Labute approximate surface area is 92.2 Å². The van der Waals surface area contributed by atoms with Crippen molar-refractivity contribution in [3.05, 3.63) is 29.8 Å². The summed E-state index contributed by atoms with van der Waals surface area (Å²) in [6.07, 6.45) is 5.07. The lowest BCUT2D eigenvalue weighted by atomic mass is 10.2. The SMILES string of the molecule is CC.CC/C=C/c1ccc(O)c(OC)c1. The van der Waals surface area contributed by atoms with E-state index in [9.17, 15) is 5.11 Å². The number of benzene rings is 1. The molecule has 0 amide bonds. The molecule has 1 aromatic carbocycles. The van der Waals surface area contributed by atoms with Gasteiger partial charge in [-0.15, -0.1) is 0 Å². The molecule has 0 radical (unpaired) electrons. The first-order valence-electron chi connectivity index (χ1n) is 5.31. The van der Waals surface area contributed by atoms with Gasteiger partial charge in [0.15, 0.2) is 11.5 Å². The fourth-order valence-corrected chi connectivity index (χ4v) is 1.05. The van der Waals surface area contributed by atoms with E-state index in [-0.39, 0.29) is 5.75 Å². The topological polar surface area (TPSA) is 29.5 Å². The normalized spacial score (nSPS) is 9.60. The molecular formula is C13H20O2. The maximum Gasteiger partial charge on any atom is 0.161 e. The predicted molar refractivity (Wildman–Crippen MR) is 65.3 cm³/mol. The minimum Gasteiger partial charge on any atom is -0.504 e. The van der Waals surface area contributed by atoms with Gasteiger partial charge >= 0.3 is 0 Å². The average Bonchev–Trinajstić information content (AvgIpc) is 2.30. The van der Waals surface area contributed by atoms with Gasteiger partial charge in [-0.1, -0.05) is 39.0 Å². The van der Waals surface area contributed by atoms with Crippen LogP contribution in [0.2, 0.25) is 0 Å². The molecule has 1 aromatic rings. The van der Waals surface area contributed by atoms with Crippen molar-refractivity contribution in [3.8, 4) is 11.5 Å². The van der Waals surface area contributed by atoms with Crippen LogP contribution in [0.3, 0.4) is 0 Å². The maximum absolute atomic E-state index is 9.31. The lowest BCUT2D eigenvalue weighted by Gasteiger charge is -2.03. The molecule has 0 aliphatic carbocycles. The van der Waals surface area contributed by atoms with Crippen LogP contribution >= 0.6 is 0 Å². The summed E-state index contributed by atoms with van der Waals surface area (Å²) in [5, 5.41) is 9.31. The summed E-state index contributed by atoms with van der Waals surface area (Å²) >= 11 is 0. The lowest BCUT2D eigenvalue weighted by Crippen LogP contribution is -1.83. The van der Waals surface area contributed by atoms with E-state index in [2.05, 4.69) is 13.0 Å². The number of allylic oxidation sites excluding steroid dienone is 1. The number of phenolic OH excluding ortho intramolecular Hbond substituents is 1. The number of rotatable bonds is 3. The van der Waals surface area contributed by atoms with Crippen molar-refractivity contribution in [1.29, 1.82) is 0 Å². The molecule has 2 nitrogen and oxygen atoms in total. The first kappa shape index (κ1) is 13.6. The van der Waals surface area contributed by atoms with E-state index in [0.29, 0.717) is 5.75 Å². The monoisotopic (exact) mass is 208 g/mol. The number of ether oxygens (including phenoxy) is 1. The van der Waals surface area contributed by atoms with E-state index in [1.807, 2.05) is 32.1 Å². The Morgan fingerprint density at radius 3 is 2.53 bits per heavy atom. The zero-order valence-corrected chi connectivity index (χ0v) is 9.95. The van der Waals surface area contributed by atoms with Crippen molar-refractivity contribution < 1.29 is 9.84 Å². The number of hydrogen-bond donors (Lipinski definition) is 1. The standard InChI is InChI=1S/C11H14O2.C2H6/c1-3-4-5-9-6-7-10(12)11(8-9)13-2;1-2/h4-8,12H,3H2,1-2H3;1-2H3/b5-4+;. The van der Waals surface area contributed by atoms with Gasteiger partial charge in [0.05, 0.1) is 7.11 Å². The van der Waals surface area contributed by atoms with Crippen LogP contribution in [0.1, 0.15) is 32.8 Å². The highest BCUT2D eigenvalue weighted by Crippen LogP contribution is 2.26. The van der Waals surface area contributed by atoms with Gasteiger partial charge in [0.25, 0.3) is 0 Å². The average molecular weight is 208 g/mol. The first-order chi connectivity index (χ1) is 7.27. The fraction of sp³-hybridized carbons (Fsp3) is 0.385. The van der Waals surface area contributed by atoms with Crippen LogP contribution in [0.5, 0.6) is 11.5 Å². The number of methoxy groups -OCH3 is 1. The smallest absolute Gasteiger partial charge is 0.161 e. The largest absolute Gasteiger partial charge is 0.504 e. The Bertz CT molecular complexity index is 303. The van der Waals surface area contributed by atoms with Crippen LogP contribution in [0, 0.1) is 0 Å². The third-order valence-corrected chi connectivity index (χ3v) is 1.75. The molecule has 15 heavy (non-hydrogen) atoms. The summed E-state index contributed by atoms with van der Waals surface area (Å²) in [4.78, 5) is 0. The van der Waals surface area contributed by atoms with E-state index in [4.69, 9.17) is 4.74 Å². The van der Waals surface area contributed by atoms with Crippen molar-refractivity contribution in [2.24, 2.45) is 0 Å². The van der Waals surface area contributed by atoms with E-state index in [1.165, 1.54) is 0 Å². The molecule has 0 heterocycles. The second-order valence-corrected chi connectivity index (χ2v) is 2.74. The van der Waals surface area contributed by atoms with Crippen LogP contribution in [0.4, 0.5) is 0 Å². The van der Waals surface area contributed by atoms with Crippen molar-refractivity contribution in [2.45, 2.75) is 27.2 Å². The molecule has 0 unspecified atom stereocenters. The van der Waals surface area contributed by atoms with Gasteiger partial charge in [-0.3, -0.25) is 0 Å². The molecule has 84 valence electrons. The summed E-state index contributed by atoms with van der Waals surface area (Å²) in [6.45, 7) is 6.08. The third kappa shape index (κ3) is 4.54. The highest BCUT2D eigenvalue weighted by Gasteiger charge is 1.99. The maximum atomic E-state index is 9.31. The summed E-state index contributed by atoms with van der Waals surface area (Å²) in [7, 11) is 1.54. The molecule has 2 heteroatoms. The highest BCUT2D eigenvalue weighted by molar-refractivity contribution is 5.55. The Morgan fingerprint density at radius 1 is 1.33 bits per heavy atom. The van der Waals surface area contributed by atoms with Gasteiger partial charge in [-0.2, -0.15) is 0 Å². The van der Waals surface area contributed by atoms with Gasteiger partial charge in [0, 0.05) is 0 Å². The molecule has 0 aromatic heterocycles. The van der Waals surface area contributed by atoms with Gasteiger partial charge in [0.1, 0.15) is 0 Å². The molecule has 0 atom stereocenters. The van der Waals surface area contributed by atoms with Gasteiger partial charge in [-0.25, -0.2) is 0 Å². The fourth-order valence-electron chi connectivity index (χ4n) is 1.05. The molecule has 0 fully saturated rings. The molecule has 0 bridgehead atoms. The number of phenols is 1. The molecule has 1 rings (SSSR count). The van der Waals surface area contributed by atoms with Crippen molar-refractivity contribution in [2.75, 3.05) is 7.11 Å². The zero-order valence-electron chi connectivity index (χ0n) is 9.95. The predicted octanol–water partition coefficient (Wildman–Crippen LogP) is 3.85. The van der Waals surface area contributed by atoms with Gasteiger partial charge in [0.2, 0.25) is 0 Å². The Balaban J connectivity index is 0.000000921. The zero-order chi connectivity index (χ0) is 11.7. The van der Waals surface area contributed by atoms with Gasteiger partial charge < -0.3 is 9.84 Å². The molecule has 1 N–H and O–H groups in total. The van der Waals surface area contributed by atoms with E-state index in [0.717, 1.165) is 12.0 Å². The van der Waals surface area contributed by atoms with Crippen LogP contribution < -0.4 is 4.74 Å². The first-order valence-corrected chi connectivity index (χ1v) is 5.31.